The molecule has 1 aliphatic rings. The average Bonchev–Trinajstić information content (AvgIpc) is 3.53. The lowest BCUT2D eigenvalue weighted by Gasteiger charge is -2.27. The minimum absolute atomic E-state index is 0.152. The molecule has 0 amide bonds. The molecule has 4 aromatic rings. The second-order valence-electron chi connectivity index (χ2n) is 10.3. The van der Waals surface area contributed by atoms with Gasteiger partial charge in [-0.25, -0.2) is 0 Å². The number of methoxy groups -OCH3 is 4. The highest BCUT2D eigenvalue weighted by Gasteiger charge is 2.44. The molecule has 2 atom stereocenters. The van der Waals surface area contributed by atoms with E-state index in [0.717, 1.165) is 10.6 Å². The van der Waals surface area contributed by atoms with Crippen LogP contribution in [-0.2, 0) is 9.13 Å². The summed E-state index contributed by atoms with van der Waals surface area (Å²) in [5, 5.41) is 6.41. The van der Waals surface area contributed by atoms with Gasteiger partial charge in [-0.2, -0.15) is 0 Å². The Morgan fingerprint density at radius 3 is 1.52 bits per heavy atom. The fraction of sp³-hybridized carbons (Fsp3) is 0.273. The summed E-state index contributed by atoms with van der Waals surface area (Å²) in [6.07, 6.45) is 0.916. The molecule has 0 radical (unpaired) electrons. The first kappa shape index (κ1) is 30.0. The third-order valence-corrected chi connectivity index (χ3v) is 14.9. The van der Waals surface area contributed by atoms with Gasteiger partial charge in [-0.15, -0.1) is 0 Å². The van der Waals surface area contributed by atoms with Crippen molar-refractivity contribution in [3.05, 3.63) is 97.1 Å². The predicted molar refractivity (Wildman–Crippen MR) is 171 cm³/mol. The van der Waals surface area contributed by atoms with Gasteiger partial charge in [-0.1, -0.05) is 24.3 Å². The lowest BCUT2D eigenvalue weighted by atomic mass is 10.2. The second kappa shape index (κ2) is 12.8. The molecule has 0 aromatic heterocycles. The fourth-order valence-corrected chi connectivity index (χ4v) is 12.4. The van der Waals surface area contributed by atoms with Gasteiger partial charge >= 0.3 is 0 Å². The fourth-order valence-electron chi connectivity index (χ4n) is 5.89. The highest BCUT2D eigenvalue weighted by molar-refractivity contribution is 7.79. The molecular formula is C33H37NO6P2. The van der Waals surface area contributed by atoms with E-state index in [-0.39, 0.29) is 11.7 Å². The highest BCUT2D eigenvalue weighted by atomic mass is 31.2. The van der Waals surface area contributed by atoms with Crippen molar-refractivity contribution < 1.29 is 28.1 Å². The number of hydrogen-bond donors (Lipinski definition) is 1. The molecule has 5 rings (SSSR count). The van der Waals surface area contributed by atoms with Gasteiger partial charge < -0.3 is 33.4 Å². The number of benzene rings is 4. The highest BCUT2D eigenvalue weighted by Crippen LogP contribution is 2.54. The summed E-state index contributed by atoms with van der Waals surface area (Å²) < 4.78 is 52.6. The van der Waals surface area contributed by atoms with Crippen molar-refractivity contribution in [1.82, 2.24) is 5.32 Å². The zero-order valence-electron chi connectivity index (χ0n) is 24.4. The van der Waals surface area contributed by atoms with E-state index < -0.39 is 14.3 Å². The maximum absolute atomic E-state index is 15.3. The van der Waals surface area contributed by atoms with Crippen LogP contribution >= 0.6 is 14.3 Å². The Kier molecular flexibility index (Phi) is 9.13. The van der Waals surface area contributed by atoms with Gasteiger partial charge in [0.05, 0.1) is 39.0 Å². The van der Waals surface area contributed by atoms with E-state index >= 15 is 9.13 Å². The molecule has 0 spiro atoms. The Morgan fingerprint density at radius 2 is 1.10 bits per heavy atom. The van der Waals surface area contributed by atoms with Crippen molar-refractivity contribution in [2.24, 2.45) is 0 Å². The van der Waals surface area contributed by atoms with Crippen LogP contribution < -0.4 is 45.5 Å². The topological polar surface area (TPSA) is 83.1 Å². The van der Waals surface area contributed by atoms with Crippen LogP contribution in [0.1, 0.15) is 6.42 Å². The zero-order chi connectivity index (χ0) is 29.7. The Labute approximate surface area is 247 Å². The molecule has 1 N–H and O–H groups in total. The monoisotopic (exact) mass is 605 g/mol. The molecule has 7 nitrogen and oxygen atoms in total. The summed E-state index contributed by atoms with van der Waals surface area (Å²) in [6, 6.07) is 29.8. The molecule has 1 aliphatic heterocycles. The number of hydrogen-bond acceptors (Lipinski definition) is 7. The van der Waals surface area contributed by atoms with E-state index in [4.69, 9.17) is 18.9 Å². The molecule has 4 aromatic carbocycles. The van der Waals surface area contributed by atoms with E-state index in [1.54, 1.807) is 28.4 Å². The van der Waals surface area contributed by atoms with Gasteiger partial charge in [-0.3, -0.25) is 0 Å². The largest absolute Gasteiger partial charge is 0.497 e. The molecule has 0 bridgehead atoms. The number of para-hydroxylation sites is 2. The number of rotatable bonds is 11. The van der Waals surface area contributed by atoms with Crippen LogP contribution in [0.4, 0.5) is 0 Å². The van der Waals surface area contributed by atoms with E-state index in [1.165, 1.54) is 0 Å². The van der Waals surface area contributed by atoms with Crippen LogP contribution in [0.5, 0.6) is 23.0 Å². The molecule has 1 fully saturated rings. The minimum atomic E-state index is -3.26. The third-order valence-electron chi connectivity index (χ3n) is 8.05. The van der Waals surface area contributed by atoms with Crippen LogP contribution in [-0.4, -0.2) is 52.8 Å². The summed E-state index contributed by atoms with van der Waals surface area (Å²) in [7, 11) is 0.0343. The zero-order valence-corrected chi connectivity index (χ0v) is 26.1. The number of nitrogens with one attached hydrogen (secondary N) is 1. The normalized spacial score (nSPS) is 17.0. The summed E-state index contributed by atoms with van der Waals surface area (Å²) in [4.78, 5) is 0. The molecule has 0 unspecified atom stereocenters. The Hall–Kier alpha value is -3.50. The molecule has 0 saturated carbocycles. The molecule has 9 heteroatoms. The Bertz CT molecular complexity index is 1500. The predicted octanol–water partition coefficient (Wildman–Crippen LogP) is 4.78. The van der Waals surface area contributed by atoms with E-state index in [1.807, 2.05) is 97.1 Å². The summed E-state index contributed by atoms with van der Waals surface area (Å²) in [6.45, 7) is 0.526. The molecule has 220 valence electrons. The minimum Gasteiger partial charge on any atom is -0.497 e. The van der Waals surface area contributed by atoms with E-state index in [0.29, 0.717) is 52.7 Å². The van der Waals surface area contributed by atoms with Crippen molar-refractivity contribution >= 4 is 35.5 Å². The van der Waals surface area contributed by atoms with Crippen molar-refractivity contribution in [3.8, 4) is 23.0 Å². The quantitative estimate of drug-likeness (QED) is 0.247. The van der Waals surface area contributed by atoms with E-state index in [9.17, 15) is 0 Å². The van der Waals surface area contributed by atoms with Crippen LogP contribution in [0.3, 0.4) is 0 Å². The van der Waals surface area contributed by atoms with Crippen molar-refractivity contribution in [2.45, 2.75) is 18.1 Å². The lowest BCUT2D eigenvalue weighted by Crippen LogP contribution is -2.31. The smallest absolute Gasteiger partial charge is 0.152 e. The Morgan fingerprint density at radius 1 is 0.643 bits per heavy atom. The maximum Gasteiger partial charge on any atom is 0.152 e. The van der Waals surface area contributed by atoms with Gasteiger partial charge in [0.15, 0.2) is 7.14 Å². The summed E-state index contributed by atoms with van der Waals surface area (Å²) in [5.41, 5.74) is -0.201. The first-order valence-corrected chi connectivity index (χ1v) is 17.5. The average molecular weight is 606 g/mol. The third kappa shape index (κ3) is 5.62. The van der Waals surface area contributed by atoms with Gasteiger partial charge in [-0.05, 0) is 79.2 Å². The second-order valence-corrected chi connectivity index (χ2v) is 16.2. The first-order valence-electron chi connectivity index (χ1n) is 13.9. The van der Waals surface area contributed by atoms with Crippen molar-refractivity contribution in [3.63, 3.8) is 0 Å². The molecule has 1 heterocycles. The molecule has 0 aliphatic carbocycles. The Balaban J connectivity index is 1.54. The summed E-state index contributed by atoms with van der Waals surface area (Å²) in [5.74, 6) is 2.56. The van der Waals surface area contributed by atoms with Crippen LogP contribution in [0.25, 0.3) is 0 Å². The maximum atomic E-state index is 15.3. The van der Waals surface area contributed by atoms with Crippen molar-refractivity contribution in [2.75, 3.05) is 41.1 Å². The van der Waals surface area contributed by atoms with Gasteiger partial charge in [0.2, 0.25) is 0 Å². The summed E-state index contributed by atoms with van der Waals surface area (Å²) >= 11 is 0. The van der Waals surface area contributed by atoms with Crippen LogP contribution in [0.15, 0.2) is 97.1 Å². The molecule has 1 saturated heterocycles. The van der Waals surface area contributed by atoms with Crippen molar-refractivity contribution in [1.29, 1.82) is 0 Å². The van der Waals surface area contributed by atoms with Crippen LogP contribution in [0, 0.1) is 0 Å². The lowest BCUT2D eigenvalue weighted by molar-refractivity contribution is 0.415. The van der Waals surface area contributed by atoms with Gasteiger partial charge in [0, 0.05) is 35.0 Å². The van der Waals surface area contributed by atoms with Crippen LogP contribution in [0.2, 0.25) is 0 Å². The van der Waals surface area contributed by atoms with Gasteiger partial charge in [0.25, 0.3) is 0 Å². The SMILES string of the molecule is COc1ccc(P(=O)(c2ccc(OC)cc2)[C@@H]2CN[C@H](CP(=O)(c3ccccc3OC)c3ccccc3OC)C2)cc1. The standard InChI is InChI=1S/C33H37NO6P2/c1-37-25-13-17-27(18-14-25)42(36,28-19-15-26(38-2)16-20-28)29-21-24(34-22-29)23-41(35,32-11-7-5-9-30(32)39-3)33-12-8-6-10-31(33)40-4/h5-20,24,29,34H,21-23H2,1-4H3/t24-,29-/m0/s1. The van der Waals surface area contributed by atoms with E-state index in [2.05, 4.69) is 5.32 Å². The molecule has 42 heavy (non-hydrogen) atoms. The first-order chi connectivity index (χ1) is 20.4. The number of ether oxygens (including phenoxy) is 4. The molecular weight excluding hydrogens is 568 g/mol. The van der Waals surface area contributed by atoms with Gasteiger partial charge in [0.1, 0.15) is 30.1 Å².